The molecule has 0 aliphatic carbocycles. The fourth-order valence-corrected chi connectivity index (χ4v) is 1.79. The second-order valence-corrected chi connectivity index (χ2v) is 4.74. The molecule has 118 valence electrons. The Labute approximate surface area is 125 Å². The molecule has 1 amide bonds. The van der Waals surface area contributed by atoms with Crippen molar-refractivity contribution in [1.29, 1.82) is 0 Å². The van der Waals surface area contributed by atoms with E-state index in [0.717, 1.165) is 0 Å². The first-order chi connectivity index (χ1) is 10.1. The number of nitrogens with two attached hydrogens (primary N) is 1. The van der Waals surface area contributed by atoms with Crippen LogP contribution in [0.25, 0.3) is 0 Å². The monoisotopic (exact) mass is 296 g/mol. The van der Waals surface area contributed by atoms with Crippen molar-refractivity contribution >= 4 is 17.3 Å². The Morgan fingerprint density at radius 3 is 2.76 bits per heavy atom. The maximum absolute atomic E-state index is 11.8. The summed E-state index contributed by atoms with van der Waals surface area (Å²) in [6.07, 6.45) is 1.07. The Bertz CT molecular complexity index is 451. The lowest BCUT2D eigenvalue weighted by Gasteiger charge is -2.12. The summed E-state index contributed by atoms with van der Waals surface area (Å²) in [7, 11) is 3.20. The lowest BCUT2D eigenvalue weighted by atomic mass is 10.2. The van der Waals surface area contributed by atoms with E-state index in [2.05, 4.69) is 5.32 Å². The van der Waals surface area contributed by atoms with E-state index in [-0.39, 0.29) is 12.0 Å². The van der Waals surface area contributed by atoms with Gasteiger partial charge >= 0.3 is 0 Å². The number of ether oxygens (including phenoxy) is 3. The number of carbonyl (C=O) groups is 1. The van der Waals surface area contributed by atoms with E-state index >= 15 is 0 Å². The summed E-state index contributed by atoms with van der Waals surface area (Å²) in [5.41, 5.74) is 6.91. The van der Waals surface area contributed by atoms with Crippen molar-refractivity contribution in [3.8, 4) is 5.75 Å². The van der Waals surface area contributed by atoms with Gasteiger partial charge in [-0.3, -0.25) is 4.79 Å². The molecule has 6 nitrogen and oxygen atoms in total. The maximum atomic E-state index is 11.8. The van der Waals surface area contributed by atoms with E-state index in [1.54, 1.807) is 32.4 Å². The summed E-state index contributed by atoms with van der Waals surface area (Å²) in [6, 6.07) is 5.15. The van der Waals surface area contributed by atoms with E-state index in [1.165, 1.54) is 0 Å². The van der Waals surface area contributed by atoms with Gasteiger partial charge in [0, 0.05) is 26.2 Å². The second kappa shape index (κ2) is 9.20. The molecule has 1 aromatic rings. The van der Waals surface area contributed by atoms with Gasteiger partial charge in [0.1, 0.15) is 5.75 Å². The zero-order valence-electron chi connectivity index (χ0n) is 12.8. The zero-order chi connectivity index (χ0) is 15.7. The lowest BCUT2D eigenvalue weighted by molar-refractivity contribution is -0.116. The molecule has 1 rings (SSSR count). The van der Waals surface area contributed by atoms with Crippen LogP contribution >= 0.6 is 0 Å². The molecule has 0 bridgehead atoms. The predicted molar refractivity (Wildman–Crippen MR) is 82.6 cm³/mol. The topological polar surface area (TPSA) is 82.8 Å². The van der Waals surface area contributed by atoms with E-state index < -0.39 is 0 Å². The summed E-state index contributed by atoms with van der Waals surface area (Å²) in [5, 5.41) is 2.78. The van der Waals surface area contributed by atoms with E-state index in [0.29, 0.717) is 43.2 Å². The van der Waals surface area contributed by atoms with Crippen LogP contribution in [-0.2, 0) is 14.3 Å². The molecule has 1 unspecified atom stereocenters. The van der Waals surface area contributed by atoms with Crippen LogP contribution in [0.2, 0.25) is 0 Å². The maximum Gasteiger partial charge on any atom is 0.224 e. The first-order valence-corrected chi connectivity index (χ1v) is 6.90. The molecule has 0 heterocycles. The molecular formula is C15H24N2O4. The minimum absolute atomic E-state index is 0.0373. The Morgan fingerprint density at radius 1 is 1.38 bits per heavy atom. The van der Waals surface area contributed by atoms with Crippen LogP contribution < -0.4 is 15.8 Å². The number of hydrogen-bond donors (Lipinski definition) is 2. The van der Waals surface area contributed by atoms with Gasteiger partial charge in [-0.1, -0.05) is 0 Å². The third kappa shape index (κ3) is 6.46. The van der Waals surface area contributed by atoms with Gasteiger partial charge in [0.05, 0.1) is 31.2 Å². The molecule has 0 aromatic heterocycles. The Hall–Kier alpha value is -1.79. The van der Waals surface area contributed by atoms with Crippen molar-refractivity contribution in [2.24, 2.45) is 0 Å². The third-order valence-corrected chi connectivity index (χ3v) is 2.88. The predicted octanol–water partition coefficient (Wildman–Crippen LogP) is 2.05. The summed E-state index contributed by atoms with van der Waals surface area (Å²) in [6.45, 7) is 3.01. The number of benzene rings is 1. The third-order valence-electron chi connectivity index (χ3n) is 2.88. The largest absolute Gasteiger partial charge is 0.497 e. The van der Waals surface area contributed by atoms with Gasteiger partial charge in [0.2, 0.25) is 5.91 Å². The molecule has 1 atom stereocenters. The van der Waals surface area contributed by atoms with E-state index in [9.17, 15) is 4.79 Å². The average molecular weight is 296 g/mol. The van der Waals surface area contributed by atoms with Gasteiger partial charge in [-0.15, -0.1) is 0 Å². The van der Waals surface area contributed by atoms with Gasteiger partial charge in [0.15, 0.2) is 0 Å². The standard InChI is InChI=1S/C15H24N2O4/c1-11(10-19-2)21-8-4-5-15(18)17-14-7-6-12(20-3)9-13(14)16/h6-7,9,11H,4-5,8,10,16H2,1-3H3,(H,17,18). The van der Waals surface area contributed by atoms with Crippen molar-refractivity contribution in [3.63, 3.8) is 0 Å². The number of anilines is 2. The van der Waals surface area contributed by atoms with Crippen LogP contribution in [0.1, 0.15) is 19.8 Å². The van der Waals surface area contributed by atoms with Crippen molar-refractivity contribution in [3.05, 3.63) is 18.2 Å². The molecule has 1 aromatic carbocycles. The Balaban J connectivity index is 2.31. The number of amides is 1. The molecule has 0 aliphatic rings. The highest BCUT2D eigenvalue weighted by molar-refractivity contribution is 5.93. The van der Waals surface area contributed by atoms with Gasteiger partial charge in [-0.2, -0.15) is 0 Å². The zero-order valence-corrected chi connectivity index (χ0v) is 12.8. The number of methoxy groups -OCH3 is 2. The SMILES string of the molecule is COCC(C)OCCCC(=O)Nc1ccc(OC)cc1N. The number of rotatable bonds is 9. The first kappa shape index (κ1) is 17.3. The highest BCUT2D eigenvalue weighted by atomic mass is 16.5. The Morgan fingerprint density at radius 2 is 2.14 bits per heavy atom. The molecule has 0 spiro atoms. The minimum Gasteiger partial charge on any atom is -0.497 e. The fraction of sp³-hybridized carbons (Fsp3) is 0.533. The van der Waals surface area contributed by atoms with Gasteiger partial charge < -0.3 is 25.3 Å². The molecule has 0 fully saturated rings. The molecule has 0 aliphatic heterocycles. The molecule has 0 saturated heterocycles. The van der Waals surface area contributed by atoms with Crippen LogP contribution in [0.15, 0.2) is 18.2 Å². The van der Waals surface area contributed by atoms with Gasteiger partial charge in [-0.25, -0.2) is 0 Å². The van der Waals surface area contributed by atoms with Crippen molar-refractivity contribution in [2.75, 3.05) is 38.5 Å². The normalized spacial score (nSPS) is 12.0. The fourth-order valence-electron chi connectivity index (χ4n) is 1.79. The first-order valence-electron chi connectivity index (χ1n) is 6.90. The summed E-state index contributed by atoms with van der Waals surface area (Å²) in [4.78, 5) is 11.8. The smallest absolute Gasteiger partial charge is 0.224 e. The van der Waals surface area contributed by atoms with Gasteiger partial charge in [-0.05, 0) is 25.5 Å². The lowest BCUT2D eigenvalue weighted by Crippen LogP contribution is -2.17. The Kier molecular flexibility index (Phi) is 7.56. The van der Waals surface area contributed by atoms with Crippen LogP contribution in [0, 0.1) is 0 Å². The van der Waals surface area contributed by atoms with Crippen molar-refractivity contribution in [2.45, 2.75) is 25.9 Å². The molecule has 0 radical (unpaired) electrons. The van der Waals surface area contributed by atoms with Crippen LogP contribution in [0.4, 0.5) is 11.4 Å². The number of hydrogen-bond acceptors (Lipinski definition) is 5. The number of nitrogens with one attached hydrogen (secondary N) is 1. The number of carbonyl (C=O) groups excluding carboxylic acids is 1. The summed E-state index contributed by atoms with van der Waals surface area (Å²) < 4.78 is 15.5. The summed E-state index contributed by atoms with van der Waals surface area (Å²) >= 11 is 0. The average Bonchev–Trinajstić information content (AvgIpc) is 2.46. The van der Waals surface area contributed by atoms with E-state index in [4.69, 9.17) is 19.9 Å². The van der Waals surface area contributed by atoms with Gasteiger partial charge in [0.25, 0.3) is 0 Å². The van der Waals surface area contributed by atoms with E-state index in [1.807, 2.05) is 6.92 Å². The molecule has 6 heteroatoms. The van der Waals surface area contributed by atoms with Crippen LogP contribution in [0.5, 0.6) is 5.75 Å². The highest BCUT2D eigenvalue weighted by Crippen LogP contribution is 2.24. The number of nitrogen functional groups attached to an aromatic ring is 1. The van der Waals surface area contributed by atoms with Crippen molar-refractivity contribution in [1.82, 2.24) is 0 Å². The highest BCUT2D eigenvalue weighted by Gasteiger charge is 2.07. The molecular weight excluding hydrogens is 272 g/mol. The van der Waals surface area contributed by atoms with Crippen LogP contribution in [0.3, 0.4) is 0 Å². The minimum atomic E-state index is -0.0881. The van der Waals surface area contributed by atoms with Crippen molar-refractivity contribution < 1.29 is 19.0 Å². The van der Waals surface area contributed by atoms with Crippen LogP contribution in [-0.4, -0.2) is 39.4 Å². The molecule has 0 saturated carbocycles. The molecule has 21 heavy (non-hydrogen) atoms. The summed E-state index contributed by atoms with van der Waals surface area (Å²) in [5.74, 6) is 0.570. The molecule has 3 N–H and O–H groups in total. The second-order valence-electron chi connectivity index (χ2n) is 4.74. The quantitative estimate of drug-likeness (QED) is 0.538.